The molecule has 0 aromatic carbocycles. The van der Waals surface area contributed by atoms with E-state index < -0.39 is 0 Å². The number of ether oxygens (including phenoxy) is 2. The summed E-state index contributed by atoms with van der Waals surface area (Å²) >= 11 is 0. The van der Waals surface area contributed by atoms with Crippen LogP contribution in [0.5, 0.6) is 5.75 Å². The molecule has 1 saturated heterocycles. The average Bonchev–Trinajstić information content (AvgIpc) is 2.62. The molecule has 3 heteroatoms. The second-order valence-corrected chi connectivity index (χ2v) is 3.24. The monoisotopic (exact) mass is 179 g/mol. The minimum Gasteiger partial charge on any atom is -0.486 e. The summed E-state index contributed by atoms with van der Waals surface area (Å²) in [5.74, 6) is 0.834. The van der Waals surface area contributed by atoms with Crippen molar-refractivity contribution in [2.24, 2.45) is 0 Å². The maximum Gasteiger partial charge on any atom is 0.138 e. The summed E-state index contributed by atoms with van der Waals surface area (Å²) in [4.78, 5) is 4.16. The molecule has 13 heavy (non-hydrogen) atoms. The molecule has 1 aliphatic heterocycles. The molecule has 1 fully saturated rings. The van der Waals surface area contributed by atoms with Gasteiger partial charge in [0.25, 0.3) is 0 Å². The van der Waals surface area contributed by atoms with E-state index in [-0.39, 0.29) is 6.10 Å². The van der Waals surface area contributed by atoms with E-state index in [0.29, 0.717) is 6.61 Å². The summed E-state index contributed by atoms with van der Waals surface area (Å²) in [7, 11) is 0. The van der Waals surface area contributed by atoms with Gasteiger partial charge in [-0.15, -0.1) is 0 Å². The molecule has 2 heterocycles. The van der Waals surface area contributed by atoms with Crippen LogP contribution in [0.3, 0.4) is 0 Å². The third-order valence-electron chi connectivity index (χ3n) is 2.07. The quantitative estimate of drug-likeness (QED) is 0.690. The molecule has 0 radical (unpaired) electrons. The van der Waals surface area contributed by atoms with Crippen LogP contribution in [0.25, 0.3) is 0 Å². The van der Waals surface area contributed by atoms with E-state index in [1.807, 2.05) is 19.1 Å². The number of hydrogen-bond acceptors (Lipinski definition) is 3. The smallest absolute Gasteiger partial charge is 0.138 e. The zero-order chi connectivity index (χ0) is 9.10. The topological polar surface area (TPSA) is 31.4 Å². The molecule has 1 aliphatic rings. The Morgan fingerprint density at radius 2 is 2.46 bits per heavy atom. The fourth-order valence-corrected chi connectivity index (χ4v) is 1.32. The van der Waals surface area contributed by atoms with Crippen molar-refractivity contribution < 1.29 is 9.47 Å². The summed E-state index contributed by atoms with van der Waals surface area (Å²) in [6.45, 7) is 3.47. The molecule has 0 N–H and O–H groups in total. The molecular formula is C10H13NO2. The Hall–Kier alpha value is -1.09. The van der Waals surface area contributed by atoms with Crippen LogP contribution in [0.15, 0.2) is 18.3 Å². The van der Waals surface area contributed by atoms with Gasteiger partial charge in [0.1, 0.15) is 11.9 Å². The Labute approximate surface area is 77.7 Å². The summed E-state index contributed by atoms with van der Waals surface area (Å²) in [5.41, 5.74) is 1.01. The number of rotatable bonds is 2. The van der Waals surface area contributed by atoms with Crippen molar-refractivity contribution in [3.63, 3.8) is 0 Å². The summed E-state index contributed by atoms with van der Waals surface area (Å²) in [5, 5.41) is 0. The van der Waals surface area contributed by atoms with Gasteiger partial charge in [0, 0.05) is 12.1 Å². The van der Waals surface area contributed by atoms with E-state index in [9.17, 15) is 0 Å². The SMILES string of the molecule is Cc1ccc(O[C@H]2CCOC2)cn1. The molecule has 1 aromatic rings. The van der Waals surface area contributed by atoms with E-state index in [4.69, 9.17) is 9.47 Å². The van der Waals surface area contributed by atoms with Crippen molar-refractivity contribution in [2.45, 2.75) is 19.4 Å². The molecule has 0 bridgehead atoms. The van der Waals surface area contributed by atoms with Crippen LogP contribution in [0, 0.1) is 6.92 Å². The Morgan fingerprint density at radius 1 is 1.54 bits per heavy atom. The number of aromatic nitrogens is 1. The lowest BCUT2D eigenvalue weighted by atomic mass is 10.3. The van der Waals surface area contributed by atoms with E-state index in [1.54, 1.807) is 6.20 Å². The van der Waals surface area contributed by atoms with Crippen LogP contribution in [0.1, 0.15) is 12.1 Å². The van der Waals surface area contributed by atoms with Crippen LogP contribution in [-0.4, -0.2) is 24.3 Å². The lowest BCUT2D eigenvalue weighted by molar-refractivity contribution is 0.141. The Morgan fingerprint density at radius 3 is 3.08 bits per heavy atom. The molecule has 0 unspecified atom stereocenters. The van der Waals surface area contributed by atoms with Gasteiger partial charge in [-0.2, -0.15) is 0 Å². The highest BCUT2D eigenvalue weighted by atomic mass is 16.5. The highest BCUT2D eigenvalue weighted by Gasteiger charge is 2.16. The molecular weight excluding hydrogens is 166 g/mol. The highest BCUT2D eigenvalue weighted by molar-refractivity contribution is 5.19. The lowest BCUT2D eigenvalue weighted by Gasteiger charge is -2.10. The molecule has 0 saturated carbocycles. The molecule has 0 amide bonds. The van der Waals surface area contributed by atoms with Gasteiger partial charge in [-0.1, -0.05) is 0 Å². The number of hydrogen-bond donors (Lipinski definition) is 0. The predicted octanol–water partition coefficient (Wildman–Crippen LogP) is 1.56. The molecule has 2 rings (SSSR count). The van der Waals surface area contributed by atoms with Gasteiger partial charge >= 0.3 is 0 Å². The van der Waals surface area contributed by atoms with Crippen LogP contribution in [0.4, 0.5) is 0 Å². The van der Waals surface area contributed by atoms with Crippen molar-refractivity contribution in [3.8, 4) is 5.75 Å². The standard InChI is InChI=1S/C10H13NO2/c1-8-2-3-9(6-11-8)13-10-4-5-12-7-10/h2-3,6,10H,4-5,7H2,1H3/t10-/m0/s1. The van der Waals surface area contributed by atoms with Crippen LogP contribution in [0.2, 0.25) is 0 Å². The highest BCUT2D eigenvalue weighted by Crippen LogP contribution is 2.15. The van der Waals surface area contributed by atoms with Crippen molar-refractivity contribution in [2.75, 3.05) is 13.2 Å². The first-order valence-electron chi connectivity index (χ1n) is 4.51. The van der Waals surface area contributed by atoms with Crippen LogP contribution < -0.4 is 4.74 Å². The number of aryl methyl sites for hydroxylation is 1. The fourth-order valence-electron chi connectivity index (χ4n) is 1.32. The number of pyridine rings is 1. The van der Waals surface area contributed by atoms with Crippen LogP contribution in [-0.2, 0) is 4.74 Å². The van der Waals surface area contributed by atoms with Crippen LogP contribution >= 0.6 is 0 Å². The Bertz CT molecular complexity index is 265. The molecule has 3 nitrogen and oxygen atoms in total. The van der Waals surface area contributed by atoms with Gasteiger partial charge in [0.15, 0.2) is 0 Å². The first-order chi connectivity index (χ1) is 6.34. The van der Waals surface area contributed by atoms with Gasteiger partial charge in [-0.25, -0.2) is 0 Å². The molecule has 0 aliphatic carbocycles. The Kier molecular flexibility index (Phi) is 2.45. The van der Waals surface area contributed by atoms with Crippen molar-refractivity contribution in [3.05, 3.63) is 24.0 Å². The second kappa shape index (κ2) is 3.75. The summed E-state index contributed by atoms with van der Waals surface area (Å²) in [6.07, 6.45) is 2.95. The minimum atomic E-state index is 0.213. The van der Waals surface area contributed by atoms with Crippen molar-refractivity contribution >= 4 is 0 Å². The molecule has 0 spiro atoms. The van der Waals surface area contributed by atoms with E-state index >= 15 is 0 Å². The van der Waals surface area contributed by atoms with Gasteiger partial charge in [-0.3, -0.25) is 4.98 Å². The largest absolute Gasteiger partial charge is 0.486 e. The first kappa shape index (κ1) is 8.51. The average molecular weight is 179 g/mol. The summed E-state index contributed by atoms with van der Waals surface area (Å²) in [6, 6.07) is 3.89. The first-order valence-corrected chi connectivity index (χ1v) is 4.51. The molecule has 1 aromatic heterocycles. The maximum atomic E-state index is 5.64. The third kappa shape index (κ3) is 2.18. The predicted molar refractivity (Wildman–Crippen MR) is 48.8 cm³/mol. The second-order valence-electron chi connectivity index (χ2n) is 3.24. The van der Waals surface area contributed by atoms with Gasteiger partial charge in [0.2, 0.25) is 0 Å². The molecule has 1 atom stereocenters. The van der Waals surface area contributed by atoms with Crippen molar-refractivity contribution in [1.29, 1.82) is 0 Å². The van der Waals surface area contributed by atoms with Gasteiger partial charge < -0.3 is 9.47 Å². The zero-order valence-corrected chi connectivity index (χ0v) is 7.69. The maximum absolute atomic E-state index is 5.64. The zero-order valence-electron chi connectivity index (χ0n) is 7.69. The third-order valence-corrected chi connectivity index (χ3v) is 2.07. The fraction of sp³-hybridized carbons (Fsp3) is 0.500. The number of nitrogens with zero attached hydrogens (tertiary/aromatic N) is 1. The van der Waals surface area contributed by atoms with Gasteiger partial charge in [0.05, 0.1) is 19.4 Å². The minimum absolute atomic E-state index is 0.213. The summed E-state index contributed by atoms with van der Waals surface area (Å²) < 4.78 is 10.9. The van der Waals surface area contributed by atoms with E-state index in [0.717, 1.165) is 24.5 Å². The van der Waals surface area contributed by atoms with Gasteiger partial charge in [-0.05, 0) is 19.1 Å². The normalized spacial score (nSPS) is 21.8. The Balaban J connectivity index is 1.97. The molecule has 70 valence electrons. The lowest BCUT2D eigenvalue weighted by Crippen LogP contribution is -2.15. The van der Waals surface area contributed by atoms with Crippen molar-refractivity contribution in [1.82, 2.24) is 4.98 Å². The van der Waals surface area contributed by atoms with E-state index in [2.05, 4.69) is 4.98 Å². The van der Waals surface area contributed by atoms with E-state index in [1.165, 1.54) is 0 Å².